The van der Waals surface area contributed by atoms with Crippen LogP contribution in [0.3, 0.4) is 0 Å². The summed E-state index contributed by atoms with van der Waals surface area (Å²) in [6.45, 7) is 5.04. The first-order valence-corrected chi connectivity index (χ1v) is 9.76. The van der Waals surface area contributed by atoms with Crippen LogP contribution in [0.1, 0.15) is 38.7 Å². The molecule has 2 aliphatic rings. The van der Waals surface area contributed by atoms with Gasteiger partial charge in [-0.2, -0.15) is 17.4 Å². The quantitative estimate of drug-likeness (QED) is 0.775. The second-order valence-electron chi connectivity index (χ2n) is 7.43. The molecule has 1 aromatic carbocycles. The van der Waals surface area contributed by atoms with Crippen LogP contribution >= 0.6 is 0 Å². The Kier molecular flexibility index (Phi) is 4.48. The first-order chi connectivity index (χ1) is 12.1. The molecule has 1 aliphatic carbocycles. The Balaban J connectivity index is 1.90. The third-order valence-electron chi connectivity index (χ3n) is 4.25. The largest absolute Gasteiger partial charge is 0.459 e. The van der Waals surface area contributed by atoms with Gasteiger partial charge in [0.2, 0.25) is 0 Å². The molecule has 9 heteroatoms. The number of esters is 1. The smallest absolute Gasteiger partial charge is 0.424 e. The zero-order valence-corrected chi connectivity index (χ0v) is 15.7. The van der Waals surface area contributed by atoms with E-state index in [-0.39, 0.29) is 25.5 Å². The number of benzene rings is 1. The number of rotatable bonds is 5. The van der Waals surface area contributed by atoms with Crippen molar-refractivity contribution in [3.63, 3.8) is 0 Å². The number of carbonyl (C=O) groups excluding carboxylic acids is 2. The monoisotopic (exact) mass is 382 g/mol. The van der Waals surface area contributed by atoms with Crippen molar-refractivity contribution in [1.29, 1.82) is 0 Å². The number of ether oxygens (including phenoxy) is 2. The van der Waals surface area contributed by atoms with Gasteiger partial charge >= 0.3 is 22.3 Å². The molecule has 2 unspecified atom stereocenters. The molecule has 1 amide bonds. The van der Waals surface area contributed by atoms with E-state index in [0.717, 1.165) is 5.56 Å². The number of cyclic esters (lactones) is 1. The Morgan fingerprint density at radius 3 is 2.50 bits per heavy atom. The van der Waals surface area contributed by atoms with Crippen molar-refractivity contribution in [3.05, 3.63) is 35.9 Å². The second-order valence-corrected chi connectivity index (χ2v) is 9.03. The van der Waals surface area contributed by atoms with Gasteiger partial charge < -0.3 is 9.47 Å². The maximum atomic E-state index is 12.8. The molecular weight excluding hydrogens is 360 g/mol. The van der Waals surface area contributed by atoms with Crippen molar-refractivity contribution in [2.24, 2.45) is 0 Å². The molecule has 3 rings (SSSR count). The zero-order chi connectivity index (χ0) is 19.2. The molecule has 8 nitrogen and oxygen atoms in total. The highest BCUT2D eigenvalue weighted by atomic mass is 32.2. The van der Waals surface area contributed by atoms with Gasteiger partial charge in [-0.3, -0.25) is 0 Å². The van der Waals surface area contributed by atoms with E-state index < -0.39 is 33.4 Å². The fourth-order valence-corrected chi connectivity index (χ4v) is 4.43. The average Bonchev–Trinajstić information content (AvgIpc) is 3.08. The summed E-state index contributed by atoms with van der Waals surface area (Å²) in [5.74, 6) is -1.03. The minimum atomic E-state index is -4.24. The highest BCUT2D eigenvalue weighted by molar-refractivity contribution is 7.87. The van der Waals surface area contributed by atoms with Gasteiger partial charge in [-0.15, -0.1) is 0 Å². The number of hydrogen-bond donors (Lipinski definition) is 1. The van der Waals surface area contributed by atoms with Crippen LogP contribution in [-0.2, 0) is 24.5 Å². The average molecular weight is 382 g/mol. The SMILES string of the molecule is CC(C)(C)OC(=O)C1(NS(=O)(=O)N2CCOC2=O)CC1c1ccccc1. The number of nitrogens with zero attached hydrogens (tertiary/aromatic N) is 1. The van der Waals surface area contributed by atoms with Gasteiger partial charge in [0.15, 0.2) is 0 Å². The van der Waals surface area contributed by atoms with E-state index in [4.69, 9.17) is 9.47 Å². The molecule has 26 heavy (non-hydrogen) atoms. The topological polar surface area (TPSA) is 102 Å². The van der Waals surface area contributed by atoms with Gasteiger partial charge in [0.05, 0.1) is 6.54 Å². The summed E-state index contributed by atoms with van der Waals surface area (Å²) >= 11 is 0. The van der Waals surface area contributed by atoms with E-state index >= 15 is 0 Å². The molecule has 0 spiro atoms. The number of hydrogen-bond acceptors (Lipinski definition) is 6. The van der Waals surface area contributed by atoms with Gasteiger partial charge in [-0.25, -0.2) is 9.59 Å². The standard InChI is InChI=1S/C17H22N2O6S/c1-16(2,3)25-14(20)17(11-13(17)12-7-5-4-6-8-12)18-26(22,23)19-9-10-24-15(19)21/h4-8,13,18H,9-11H2,1-3H3. The lowest BCUT2D eigenvalue weighted by Gasteiger charge is -2.26. The van der Waals surface area contributed by atoms with E-state index in [9.17, 15) is 18.0 Å². The van der Waals surface area contributed by atoms with Crippen LogP contribution in [0.4, 0.5) is 4.79 Å². The molecule has 0 radical (unpaired) electrons. The molecule has 1 heterocycles. The van der Waals surface area contributed by atoms with Crippen LogP contribution in [0.15, 0.2) is 30.3 Å². The molecule has 2 fully saturated rings. The van der Waals surface area contributed by atoms with Gasteiger partial charge in [0, 0.05) is 5.92 Å². The Bertz CT molecular complexity index is 817. The molecule has 142 valence electrons. The molecule has 1 aromatic rings. The Morgan fingerprint density at radius 1 is 1.31 bits per heavy atom. The summed E-state index contributed by atoms with van der Waals surface area (Å²) < 4.78 is 38.5. The Hall–Kier alpha value is -2.13. The fourth-order valence-electron chi connectivity index (χ4n) is 2.98. The van der Waals surface area contributed by atoms with E-state index in [1.54, 1.807) is 20.8 Å². The summed E-state index contributed by atoms with van der Waals surface area (Å²) in [6, 6.07) is 9.13. The van der Waals surface area contributed by atoms with Crippen LogP contribution in [0, 0.1) is 0 Å². The Labute approximate surface area is 152 Å². The fraction of sp³-hybridized carbons (Fsp3) is 0.529. The van der Waals surface area contributed by atoms with E-state index in [1.165, 1.54) is 0 Å². The molecule has 0 aromatic heterocycles. The lowest BCUT2D eigenvalue weighted by Crippen LogP contribution is -2.52. The normalized spacial score (nSPS) is 25.7. The van der Waals surface area contributed by atoms with Gasteiger partial charge in [-0.05, 0) is 32.8 Å². The van der Waals surface area contributed by atoms with Crippen molar-refractivity contribution in [1.82, 2.24) is 9.03 Å². The maximum absolute atomic E-state index is 12.8. The van der Waals surface area contributed by atoms with Gasteiger partial charge in [0.25, 0.3) is 0 Å². The minimum Gasteiger partial charge on any atom is -0.459 e. The van der Waals surface area contributed by atoms with E-state index in [0.29, 0.717) is 4.31 Å². The summed E-state index contributed by atoms with van der Waals surface area (Å²) in [6.07, 6.45) is -0.692. The van der Waals surface area contributed by atoms with Crippen LogP contribution in [0.25, 0.3) is 0 Å². The summed E-state index contributed by atoms with van der Waals surface area (Å²) in [4.78, 5) is 24.5. The van der Waals surface area contributed by atoms with Crippen molar-refractivity contribution in [3.8, 4) is 0 Å². The van der Waals surface area contributed by atoms with E-state index in [2.05, 4.69) is 4.72 Å². The highest BCUT2D eigenvalue weighted by Gasteiger charge is 2.65. The van der Waals surface area contributed by atoms with Crippen LogP contribution in [0.2, 0.25) is 0 Å². The lowest BCUT2D eigenvalue weighted by atomic mass is 10.1. The predicted octanol–water partition coefficient (Wildman–Crippen LogP) is 1.54. The molecular formula is C17H22N2O6S. The Morgan fingerprint density at radius 2 is 1.96 bits per heavy atom. The van der Waals surface area contributed by atoms with Crippen molar-refractivity contribution < 1.29 is 27.5 Å². The van der Waals surface area contributed by atoms with E-state index in [1.807, 2.05) is 30.3 Å². The maximum Gasteiger partial charge on any atom is 0.424 e. The molecule has 0 bridgehead atoms. The first kappa shape index (κ1) is 18.7. The summed E-state index contributed by atoms with van der Waals surface area (Å²) in [5, 5.41) is 0. The van der Waals surface area contributed by atoms with Crippen LogP contribution in [-0.4, -0.2) is 49.1 Å². The molecule has 2 atom stereocenters. The molecule has 1 saturated heterocycles. The zero-order valence-electron chi connectivity index (χ0n) is 14.9. The second kappa shape index (κ2) is 6.24. The highest BCUT2D eigenvalue weighted by Crippen LogP contribution is 2.53. The first-order valence-electron chi connectivity index (χ1n) is 8.32. The van der Waals surface area contributed by atoms with Crippen molar-refractivity contribution in [2.45, 2.75) is 44.2 Å². The molecule has 1 aliphatic heterocycles. The van der Waals surface area contributed by atoms with Crippen LogP contribution in [0.5, 0.6) is 0 Å². The van der Waals surface area contributed by atoms with Crippen molar-refractivity contribution >= 4 is 22.3 Å². The summed E-state index contributed by atoms with van der Waals surface area (Å²) in [5.41, 5.74) is -1.38. The summed E-state index contributed by atoms with van der Waals surface area (Å²) in [7, 11) is -4.24. The van der Waals surface area contributed by atoms with Crippen LogP contribution < -0.4 is 4.72 Å². The number of carbonyl (C=O) groups is 2. The molecule has 1 saturated carbocycles. The predicted molar refractivity (Wildman–Crippen MR) is 92.5 cm³/mol. The number of amides is 1. The minimum absolute atomic E-state index is 0.0126. The third-order valence-corrected chi connectivity index (χ3v) is 5.78. The number of nitrogens with one attached hydrogen (secondary N) is 1. The molecule has 1 N–H and O–H groups in total. The van der Waals surface area contributed by atoms with Crippen molar-refractivity contribution in [2.75, 3.05) is 13.2 Å². The van der Waals surface area contributed by atoms with Gasteiger partial charge in [0.1, 0.15) is 17.7 Å². The lowest BCUT2D eigenvalue weighted by molar-refractivity contribution is -0.158. The third kappa shape index (κ3) is 3.54. The van der Waals surface area contributed by atoms with Gasteiger partial charge in [-0.1, -0.05) is 30.3 Å².